The van der Waals surface area contributed by atoms with Crippen LogP contribution in [0.4, 0.5) is 13.2 Å². The Hall–Kier alpha value is -0.0700. The molecule has 2 N–H and O–H groups in total. The van der Waals surface area contributed by atoms with Gasteiger partial charge in [-0.15, -0.1) is 11.3 Å². The zero-order chi connectivity index (χ0) is 13.3. The molecular weight excluding hydrogens is 327 g/mol. The molecule has 0 spiro atoms. The highest BCUT2D eigenvalue weighted by atomic mass is 79.9. The highest BCUT2D eigenvalue weighted by Crippen LogP contribution is 2.47. The van der Waals surface area contributed by atoms with Gasteiger partial charge >= 0.3 is 6.18 Å². The summed E-state index contributed by atoms with van der Waals surface area (Å²) in [5.41, 5.74) is 6.08. The van der Waals surface area contributed by atoms with Crippen molar-refractivity contribution >= 4 is 27.3 Å². The first-order valence-electron chi connectivity index (χ1n) is 5.96. The lowest BCUT2D eigenvalue weighted by Gasteiger charge is -2.36. The van der Waals surface area contributed by atoms with Gasteiger partial charge in [0.25, 0.3) is 0 Å². The lowest BCUT2D eigenvalue weighted by molar-refractivity contribution is -0.198. The van der Waals surface area contributed by atoms with E-state index in [9.17, 15) is 13.2 Å². The molecule has 1 aromatic heterocycles. The highest BCUT2D eigenvalue weighted by molar-refractivity contribution is 9.10. The molecule has 1 nitrogen and oxygen atoms in total. The first-order valence-corrected chi connectivity index (χ1v) is 7.63. The third-order valence-corrected chi connectivity index (χ3v) is 5.62. The molecule has 0 aromatic carbocycles. The van der Waals surface area contributed by atoms with Crippen LogP contribution >= 0.6 is 27.3 Å². The standard InChI is InChI=1S/C12H15BrF3NS/c13-9-5-6-18-11(9)10(17)7-3-1-2-4-8(7)12(14,15)16/h5-8,10H,1-4,17H2. The van der Waals surface area contributed by atoms with Crippen molar-refractivity contribution in [3.05, 3.63) is 20.8 Å². The summed E-state index contributed by atoms with van der Waals surface area (Å²) in [7, 11) is 0. The summed E-state index contributed by atoms with van der Waals surface area (Å²) in [6.45, 7) is 0. The first kappa shape index (κ1) is 14.3. The summed E-state index contributed by atoms with van der Waals surface area (Å²) < 4.78 is 39.9. The van der Waals surface area contributed by atoms with Crippen LogP contribution in [-0.2, 0) is 0 Å². The minimum Gasteiger partial charge on any atom is -0.323 e. The molecule has 1 aliphatic carbocycles. The zero-order valence-electron chi connectivity index (χ0n) is 9.71. The number of halogens is 4. The van der Waals surface area contributed by atoms with Crippen molar-refractivity contribution in [2.75, 3.05) is 0 Å². The van der Waals surface area contributed by atoms with Gasteiger partial charge in [0.15, 0.2) is 0 Å². The van der Waals surface area contributed by atoms with Crippen molar-refractivity contribution < 1.29 is 13.2 Å². The van der Waals surface area contributed by atoms with E-state index < -0.39 is 24.1 Å². The second kappa shape index (κ2) is 5.51. The minimum atomic E-state index is -4.13. The van der Waals surface area contributed by atoms with Crippen molar-refractivity contribution in [1.29, 1.82) is 0 Å². The lowest BCUT2D eigenvalue weighted by Crippen LogP contribution is -2.38. The Bertz CT molecular complexity index is 404. The van der Waals surface area contributed by atoms with Crippen LogP contribution in [0, 0.1) is 11.8 Å². The summed E-state index contributed by atoms with van der Waals surface area (Å²) >= 11 is 4.78. The fraction of sp³-hybridized carbons (Fsp3) is 0.667. The summed E-state index contributed by atoms with van der Waals surface area (Å²) in [6, 6.07) is 1.32. The van der Waals surface area contributed by atoms with E-state index in [0.717, 1.165) is 15.8 Å². The van der Waals surface area contributed by atoms with Crippen LogP contribution in [0.3, 0.4) is 0 Å². The third-order valence-electron chi connectivity index (χ3n) is 3.65. The third kappa shape index (κ3) is 2.91. The van der Waals surface area contributed by atoms with Gasteiger partial charge in [-0.25, -0.2) is 0 Å². The van der Waals surface area contributed by atoms with Crippen molar-refractivity contribution in [1.82, 2.24) is 0 Å². The molecule has 1 saturated carbocycles. The van der Waals surface area contributed by atoms with Gasteiger partial charge in [-0.1, -0.05) is 12.8 Å². The SMILES string of the molecule is NC(c1sccc1Br)C1CCCCC1C(F)(F)F. The van der Waals surface area contributed by atoms with E-state index in [0.29, 0.717) is 12.8 Å². The average molecular weight is 342 g/mol. The number of alkyl halides is 3. The second-order valence-corrected chi connectivity index (χ2v) is 6.56. The predicted octanol–water partition coefficient (Wildman–Crippen LogP) is 4.88. The Morgan fingerprint density at radius 2 is 2.00 bits per heavy atom. The Morgan fingerprint density at radius 1 is 1.33 bits per heavy atom. The number of nitrogens with two attached hydrogens (primary N) is 1. The molecule has 102 valence electrons. The van der Waals surface area contributed by atoms with Crippen molar-refractivity contribution in [2.45, 2.75) is 37.9 Å². The van der Waals surface area contributed by atoms with Crippen LogP contribution in [0.5, 0.6) is 0 Å². The summed E-state index contributed by atoms with van der Waals surface area (Å²) in [4.78, 5) is 0.830. The normalized spacial score (nSPS) is 27.2. The second-order valence-electron chi connectivity index (χ2n) is 4.75. The smallest absolute Gasteiger partial charge is 0.323 e. The van der Waals surface area contributed by atoms with Gasteiger partial charge in [0.05, 0.1) is 5.92 Å². The van der Waals surface area contributed by atoms with Gasteiger partial charge in [0.1, 0.15) is 0 Å². The molecule has 3 atom stereocenters. The predicted molar refractivity (Wildman–Crippen MR) is 70.5 cm³/mol. The van der Waals surface area contributed by atoms with Gasteiger partial charge < -0.3 is 5.73 Å². The molecule has 18 heavy (non-hydrogen) atoms. The molecule has 0 saturated heterocycles. The highest BCUT2D eigenvalue weighted by Gasteiger charge is 2.47. The molecule has 6 heteroatoms. The maximum atomic E-state index is 13.0. The molecule has 1 aliphatic rings. The van der Waals surface area contributed by atoms with Gasteiger partial charge in [0.2, 0.25) is 0 Å². The van der Waals surface area contributed by atoms with E-state index in [4.69, 9.17) is 5.73 Å². The van der Waals surface area contributed by atoms with E-state index in [1.807, 2.05) is 11.4 Å². The molecule has 1 heterocycles. The molecule has 1 fully saturated rings. The molecule has 0 amide bonds. The van der Waals surface area contributed by atoms with Gasteiger partial charge in [-0.3, -0.25) is 0 Å². The quantitative estimate of drug-likeness (QED) is 0.815. The zero-order valence-corrected chi connectivity index (χ0v) is 12.1. The van der Waals surface area contributed by atoms with Crippen LogP contribution in [0.15, 0.2) is 15.9 Å². The Morgan fingerprint density at radius 3 is 2.56 bits per heavy atom. The van der Waals surface area contributed by atoms with Crippen LogP contribution in [0.2, 0.25) is 0 Å². The van der Waals surface area contributed by atoms with Crippen LogP contribution in [-0.4, -0.2) is 6.18 Å². The van der Waals surface area contributed by atoms with Crippen molar-refractivity contribution in [3.63, 3.8) is 0 Å². The van der Waals surface area contributed by atoms with Crippen molar-refractivity contribution in [2.24, 2.45) is 17.6 Å². The monoisotopic (exact) mass is 341 g/mol. The maximum absolute atomic E-state index is 13.0. The van der Waals surface area contributed by atoms with E-state index in [-0.39, 0.29) is 6.42 Å². The molecular formula is C12H15BrF3NS. The van der Waals surface area contributed by atoms with E-state index in [2.05, 4.69) is 15.9 Å². The maximum Gasteiger partial charge on any atom is 0.392 e. The summed E-state index contributed by atoms with van der Waals surface area (Å²) in [5, 5.41) is 1.85. The van der Waals surface area contributed by atoms with E-state index in [1.165, 1.54) is 11.3 Å². The van der Waals surface area contributed by atoms with E-state index >= 15 is 0 Å². The van der Waals surface area contributed by atoms with Crippen molar-refractivity contribution in [3.8, 4) is 0 Å². The van der Waals surface area contributed by atoms with Crippen LogP contribution < -0.4 is 5.73 Å². The number of hydrogen-bond acceptors (Lipinski definition) is 2. The Kier molecular flexibility index (Phi) is 4.39. The van der Waals surface area contributed by atoms with E-state index in [1.54, 1.807) is 0 Å². The largest absolute Gasteiger partial charge is 0.392 e. The summed E-state index contributed by atoms with van der Waals surface area (Å²) in [6.07, 6.45) is -1.86. The fourth-order valence-electron chi connectivity index (χ4n) is 2.73. The number of rotatable bonds is 2. The molecule has 2 rings (SSSR count). The topological polar surface area (TPSA) is 26.0 Å². The van der Waals surface area contributed by atoms with Gasteiger partial charge in [-0.2, -0.15) is 13.2 Å². The number of thiophene rings is 1. The number of hydrogen-bond donors (Lipinski definition) is 1. The van der Waals surface area contributed by atoms with Gasteiger partial charge in [0, 0.05) is 15.4 Å². The van der Waals surface area contributed by atoms with Crippen LogP contribution in [0.25, 0.3) is 0 Å². The molecule has 0 aliphatic heterocycles. The average Bonchev–Trinajstić information content (AvgIpc) is 2.73. The Labute approximate surface area is 117 Å². The fourth-order valence-corrected chi connectivity index (χ4v) is 4.45. The molecule has 1 aromatic rings. The lowest BCUT2D eigenvalue weighted by atomic mass is 9.74. The van der Waals surface area contributed by atoms with Crippen LogP contribution in [0.1, 0.15) is 36.6 Å². The minimum absolute atomic E-state index is 0.213. The molecule has 0 radical (unpaired) electrons. The molecule has 3 unspecified atom stereocenters. The first-order chi connectivity index (χ1) is 8.41. The van der Waals surface area contributed by atoms with Gasteiger partial charge in [-0.05, 0) is 46.1 Å². The Balaban J connectivity index is 2.22. The molecule has 0 bridgehead atoms. The summed E-state index contributed by atoms with van der Waals surface area (Å²) in [5.74, 6) is -1.75.